The van der Waals surface area contributed by atoms with Crippen molar-refractivity contribution in [1.29, 1.82) is 5.26 Å². The third kappa shape index (κ3) is 5.11. The highest BCUT2D eigenvalue weighted by molar-refractivity contribution is 8.03. The maximum Gasteiger partial charge on any atom is 0.236 e. The Kier molecular flexibility index (Phi) is 7.32. The molecule has 0 spiro atoms. The molecule has 2 heterocycles. The second-order valence-electron chi connectivity index (χ2n) is 6.18. The molecule has 156 valence electrons. The number of anilines is 1. The van der Waals surface area contributed by atoms with Gasteiger partial charge in [0, 0.05) is 23.9 Å². The lowest BCUT2D eigenvalue weighted by Gasteiger charge is -2.25. The maximum atomic E-state index is 12.3. The van der Waals surface area contributed by atoms with Gasteiger partial charge in [-0.2, -0.15) is 5.26 Å². The van der Waals surface area contributed by atoms with E-state index < -0.39 is 5.92 Å². The number of amides is 2. The van der Waals surface area contributed by atoms with Crippen LogP contribution in [0.2, 0.25) is 0 Å². The number of carbonyl (C=O) groups is 2. The molecule has 0 fully saturated rings. The second kappa shape index (κ2) is 10.1. The maximum absolute atomic E-state index is 12.3. The number of nitrogens with zero attached hydrogens (tertiary/aromatic N) is 2. The molecule has 10 heteroatoms. The fourth-order valence-electron chi connectivity index (χ4n) is 2.97. The summed E-state index contributed by atoms with van der Waals surface area (Å²) in [7, 11) is 1.54. The van der Waals surface area contributed by atoms with E-state index >= 15 is 0 Å². The molecule has 0 radical (unpaired) electrons. The quantitative estimate of drug-likeness (QED) is 0.642. The minimum atomic E-state index is -0.433. The average molecular weight is 445 g/mol. The van der Waals surface area contributed by atoms with Crippen molar-refractivity contribution in [3.8, 4) is 17.6 Å². The molecule has 1 aliphatic heterocycles. The fraction of sp³-hybridized carbons (Fsp3) is 0.300. The number of nitriles is 1. The molecule has 1 atom stereocenters. The first kappa shape index (κ1) is 21.7. The van der Waals surface area contributed by atoms with Gasteiger partial charge in [0.05, 0.1) is 36.1 Å². The smallest absolute Gasteiger partial charge is 0.236 e. The Labute approximate surface area is 182 Å². The molecule has 1 aliphatic rings. The van der Waals surface area contributed by atoms with Crippen molar-refractivity contribution < 1.29 is 19.1 Å². The van der Waals surface area contributed by atoms with E-state index in [9.17, 15) is 14.9 Å². The lowest BCUT2D eigenvalue weighted by molar-refractivity contribution is -0.121. The van der Waals surface area contributed by atoms with Crippen molar-refractivity contribution in [3.05, 3.63) is 45.9 Å². The van der Waals surface area contributed by atoms with Crippen molar-refractivity contribution in [2.24, 2.45) is 0 Å². The van der Waals surface area contributed by atoms with Gasteiger partial charge in [0.2, 0.25) is 11.8 Å². The Bertz CT molecular complexity index is 999. The summed E-state index contributed by atoms with van der Waals surface area (Å²) < 4.78 is 10.9. The summed E-state index contributed by atoms with van der Waals surface area (Å²) in [6.45, 7) is 2.37. The summed E-state index contributed by atoms with van der Waals surface area (Å²) >= 11 is 2.43. The predicted molar refractivity (Wildman–Crippen MR) is 116 cm³/mol. The van der Waals surface area contributed by atoms with Crippen LogP contribution < -0.4 is 20.1 Å². The Balaban J connectivity index is 1.81. The summed E-state index contributed by atoms with van der Waals surface area (Å²) in [5.74, 6) is 0.264. The van der Waals surface area contributed by atoms with Crippen molar-refractivity contribution in [2.75, 3.05) is 24.8 Å². The number of thioether (sulfide) groups is 1. The van der Waals surface area contributed by atoms with Crippen molar-refractivity contribution >= 4 is 40.0 Å². The predicted octanol–water partition coefficient (Wildman–Crippen LogP) is 3.26. The number of thiazole rings is 1. The van der Waals surface area contributed by atoms with Gasteiger partial charge >= 0.3 is 0 Å². The van der Waals surface area contributed by atoms with Gasteiger partial charge in [0.1, 0.15) is 0 Å². The van der Waals surface area contributed by atoms with Gasteiger partial charge in [0.25, 0.3) is 0 Å². The minimum absolute atomic E-state index is 0.0414. The fourth-order valence-corrected chi connectivity index (χ4v) is 4.39. The van der Waals surface area contributed by atoms with Crippen molar-refractivity contribution in [2.45, 2.75) is 19.3 Å². The van der Waals surface area contributed by atoms with Gasteiger partial charge in [-0.3, -0.25) is 9.59 Å². The highest BCUT2D eigenvalue weighted by Gasteiger charge is 2.30. The minimum Gasteiger partial charge on any atom is -0.493 e. The zero-order valence-electron chi connectivity index (χ0n) is 16.4. The highest BCUT2D eigenvalue weighted by Crippen LogP contribution is 2.39. The van der Waals surface area contributed by atoms with Crippen LogP contribution in [-0.4, -0.2) is 36.3 Å². The number of aromatic nitrogens is 1. The van der Waals surface area contributed by atoms with Crippen molar-refractivity contribution in [1.82, 2.24) is 10.3 Å². The molecule has 2 aromatic rings. The van der Waals surface area contributed by atoms with Crippen molar-refractivity contribution in [3.63, 3.8) is 0 Å². The van der Waals surface area contributed by atoms with Crippen LogP contribution in [0, 0.1) is 11.3 Å². The molecule has 0 saturated carbocycles. The molecule has 2 amide bonds. The van der Waals surface area contributed by atoms with Gasteiger partial charge in [-0.1, -0.05) is 17.8 Å². The van der Waals surface area contributed by atoms with E-state index in [1.54, 1.807) is 30.8 Å². The average Bonchev–Trinajstić information content (AvgIpc) is 3.25. The first-order valence-electron chi connectivity index (χ1n) is 9.12. The van der Waals surface area contributed by atoms with E-state index in [0.717, 1.165) is 17.3 Å². The third-order valence-electron chi connectivity index (χ3n) is 4.27. The molecular weight excluding hydrogens is 424 g/mol. The van der Waals surface area contributed by atoms with E-state index in [0.29, 0.717) is 33.8 Å². The van der Waals surface area contributed by atoms with Gasteiger partial charge in [-0.25, -0.2) is 4.98 Å². The second-order valence-corrected chi connectivity index (χ2v) is 8.06. The molecule has 0 bridgehead atoms. The summed E-state index contributed by atoms with van der Waals surface area (Å²) in [5, 5.41) is 17.8. The molecule has 30 heavy (non-hydrogen) atoms. The Morgan fingerprint density at radius 3 is 2.97 bits per heavy atom. The number of methoxy groups -OCH3 is 1. The third-order valence-corrected chi connectivity index (χ3v) is 5.98. The number of rotatable bonds is 8. The Morgan fingerprint density at radius 1 is 1.47 bits per heavy atom. The molecule has 1 aromatic heterocycles. The van der Waals surface area contributed by atoms with Crippen LogP contribution >= 0.6 is 23.1 Å². The molecule has 0 saturated heterocycles. The first-order valence-corrected chi connectivity index (χ1v) is 11.0. The number of hydrogen-bond acceptors (Lipinski definition) is 8. The standard InChI is InChI=1S/C20H20N4O4S2/c1-3-28-15-5-4-12(8-16(15)27-2)13-9-17(25)23-19(14(13)10-21)30-11-18(26)24-20-22-6-7-29-20/h4-8,13H,3,9,11H2,1-2H3,(H,23,25)(H,22,24,26)/t13-/m1/s1. The summed E-state index contributed by atoms with van der Waals surface area (Å²) in [6, 6.07) is 7.58. The number of benzene rings is 1. The largest absolute Gasteiger partial charge is 0.493 e. The molecule has 3 rings (SSSR count). The van der Waals surface area contributed by atoms with Crippen LogP contribution in [0.15, 0.2) is 40.4 Å². The number of ether oxygens (including phenoxy) is 2. The summed E-state index contributed by atoms with van der Waals surface area (Å²) in [6.07, 6.45) is 1.73. The van der Waals surface area contributed by atoms with E-state index in [-0.39, 0.29) is 24.0 Å². The molecular formula is C20H20N4O4S2. The van der Waals surface area contributed by atoms with Crippen LogP contribution in [0.25, 0.3) is 0 Å². The SMILES string of the molecule is CCOc1ccc([C@H]2CC(=O)NC(SCC(=O)Nc3nccs3)=C2C#N)cc1OC. The lowest BCUT2D eigenvalue weighted by Crippen LogP contribution is -2.31. The Morgan fingerprint density at radius 2 is 2.30 bits per heavy atom. The molecule has 1 aromatic carbocycles. The molecule has 0 aliphatic carbocycles. The van der Waals surface area contributed by atoms with Crippen LogP contribution in [0.5, 0.6) is 11.5 Å². The zero-order chi connectivity index (χ0) is 21.5. The molecule has 0 unspecified atom stereocenters. The number of allylic oxidation sites excluding steroid dienone is 1. The monoisotopic (exact) mass is 444 g/mol. The number of nitrogens with one attached hydrogen (secondary N) is 2. The first-order chi connectivity index (χ1) is 14.5. The zero-order valence-corrected chi connectivity index (χ0v) is 18.1. The van der Waals surface area contributed by atoms with Crippen LogP contribution in [0.4, 0.5) is 5.13 Å². The topological polar surface area (TPSA) is 113 Å². The van der Waals surface area contributed by atoms with Gasteiger partial charge in [-0.15, -0.1) is 11.3 Å². The van der Waals surface area contributed by atoms with Gasteiger partial charge in [0.15, 0.2) is 16.6 Å². The normalized spacial score (nSPS) is 15.9. The van der Waals surface area contributed by atoms with Crippen LogP contribution in [0.3, 0.4) is 0 Å². The molecule has 2 N–H and O–H groups in total. The van der Waals surface area contributed by atoms with E-state index in [2.05, 4.69) is 21.7 Å². The number of hydrogen-bond donors (Lipinski definition) is 2. The Hall–Kier alpha value is -3.03. The van der Waals surface area contributed by atoms with E-state index in [1.807, 2.05) is 13.0 Å². The highest BCUT2D eigenvalue weighted by atomic mass is 32.2. The van der Waals surface area contributed by atoms with Crippen LogP contribution in [0.1, 0.15) is 24.8 Å². The van der Waals surface area contributed by atoms with Gasteiger partial charge < -0.3 is 20.1 Å². The molecule has 8 nitrogen and oxygen atoms in total. The summed E-state index contributed by atoms with van der Waals surface area (Å²) in [5.41, 5.74) is 1.18. The van der Waals surface area contributed by atoms with E-state index in [4.69, 9.17) is 9.47 Å². The number of carbonyl (C=O) groups excluding carboxylic acids is 2. The van der Waals surface area contributed by atoms with Crippen LogP contribution in [-0.2, 0) is 9.59 Å². The van der Waals surface area contributed by atoms with E-state index in [1.165, 1.54) is 11.3 Å². The summed E-state index contributed by atoms with van der Waals surface area (Å²) in [4.78, 5) is 28.5. The van der Waals surface area contributed by atoms with Gasteiger partial charge in [-0.05, 0) is 24.6 Å². The lowest BCUT2D eigenvalue weighted by atomic mass is 9.87.